The van der Waals surface area contributed by atoms with E-state index >= 15 is 0 Å². The number of carboxylic acids is 1. The van der Waals surface area contributed by atoms with Crippen LogP contribution in [0.5, 0.6) is 0 Å². The second-order valence-corrected chi connectivity index (χ2v) is 8.56. The van der Waals surface area contributed by atoms with Crippen LogP contribution in [0.1, 0.15) is 49.7 Å². The molecule has 1 aromatic carbocycles. The minimum absolute atomic E-state index is 0.0495. The van der Waals surface area contributed by atoms with E-state index in [2.05, 4.69) is 18.2 Å². The van der Waals surface area contributed by atoms with Crippen LogP contribution in [0.25, 0.3) is 0 Å². The molecule has 5 atom stereocenters. The fourth-order valence-electron chi connectivity index (χ4n) is 4.68. The Morgan fingerprint density at radius 3 is 2.70 bits per heavy atom. The second-order valence-electron chi connectivity index (χ2n) is 8.56. The number of aliphatic hydroxyl groups is 2. The number of aryl methyl sites for hydroxylation is 1. The van der Waals surface area contributed by atoms with E-state index in [1.165, 1.54) is 11.1 Å². The first-order valence-electron chi connectivity index (χ1n) is 11.0. The monoisotopic (exact) mass is 412 g/mol. The first-order chi connectivity index (χ1) is 14.5. The summed E-state index contributed by atoms with van der Waals surface area (Å²) in [4.78, 5) is 22.9. The van der Waals surface area contributed by atoms with Gasteiger partial charge in [-0.25, -0.2) is 0 Å². The van der Waals surface area contributed by atoms with Crippen LogP contribution in [0.2, 0.25) is 0 Å². The van der Waals surface area contributed by atoms with Crippen LogP contribution < -0.4 is 0 Å². The lowest BCUT2D eigenvalue weighted by Gasteiger charge is -2.27. The van der Waals surface area contributed by atoms with Crippen LogP contribution in [0, 0.1) is 17.8 Å². The van der Waals surface area contributed by atoms with E-state index in [9.17, 15) is 19.8 Å². The van der Waals surface area contributed by atoms with Gasteiger partial charge in [0.25, 0.3) is 0 Å². The van der Waals surface area contributed by atoms with Crippen molar-refractivity contribution in [1.29, 1.82) is 0 Å². The van der Waals surface area contributed by atoms with E-state index in [1.54, 1.807) is 6.08 Å². The van der Waals surface area contributed by atoms with Gasteiger partial charge in [0.2, 0.25) is 0 Å². The molecule has 5 nitrogen and oxygen atoms in total. The van der Waals surface area contributed by atoms with Gasteiger partial charge in [0.05, 0.1) is 12.2 Å². The number of aliphatic hydroxyl groups excluding tert-OH is 2. The van der Waals surface area contributed by atoms with Crippen LogP contribution in [0.15, 0.2) is 48.6 Å². The molecule has 0 bridgehead atoms. The summed E-state index contributed by atoms with van der Waals surface area (Å²) in [5.74, 6) is -1.17. The molecule has 1 fully saturated rings. The van der Waals surface area contributed by atoms with Crippen LogP contribution >= 0.6 is 0 Å². The van der Waals surface area contributed by atoms with Crippen molar-refractivity contribution in [3.63, 3.8) is 0 Å². The van der Waals surface area contributed by atoms with E-state index in [4.69, 9.17) is 5.11 Å². The van der Waals surface area contributed by atoms with Crippen molar-refractivity contribution in [2.24, 2.45) is 17.8 Å². The Balaban J connectivity index is 1.55. The van der Waals surface area contributed by atoms with Crippen LogP contribution in [-0.2, 0) is 22.4 Å². The van der Waals surface area contributed by atoms with Crippen molar-refractivity contribution in [2.45, 2.75) is 63.6 Å². The Morgan fingerprint density at radius 1 is 1.17 bits per heavy atom. The van der Waals surface area contributed by atoms with Gasteiger partial charge in [-0.15, -0.1) is 0 Å². The summed E-state index contributed by atoms with van der Waals surface area (Å²) in [7, 11) is 0. The number of aliphatic carboxylic acids is 1. The van der Waals surface area contributed by atoms with Gasteiger partial charge < -0.3 is 15.3 Å². The minimum atomic E-state index is -0.803. The lowest BCUT2D eigenvalue weighted by molar-refractivity contribution is -0.137. The number of fused-ring (bicyclic) bond motifs is 1. The van der Waals surface area contributed by atoms with Crippen molar-refractivity contribution in [3.8, 4) is 0 Å². The van der Waals surface area contributed by atoms with Gasteiger partial charge in [-0.2, -0.15) is 0 Å². The highest BCUT2D eigenvalue weighted by molar-refractivity contribution is 5.84. The van der Waals surface area contributed by atoms with E-state index in [-0.39, 0.29) is 36.4 Å². The van der Waals surface area contributed by atoms with Crippen LogP contribution in [0.3, 0.4) is 0 Å². The average molecular weight is 413 g/mol. The Labute approximate surface area is 178 Å². The Hall–Kier alpha value is -2.24. The van der Waals surface area contributed by atoms with Crippen LogP contribution in [-0.4, -0.2) is 39.3 Å². The largest absolute Gasteiger partial charge is 0.481 e. The predicted octanol–water partition coefficient (Wildman–Crippen LogP) is 3.48. The molecular formula is C25H32O5. The summed E-state index contributed by atoms with van der Waals surface area (Å²) in [6, 6.07) is 8.35. The van der Waals surface area contributed by atoms with E-state index < -0.39 is 18.2 Å². The van der Waals surface area contributed by atoms with Gasteiger partial charge in [0.1, 0.15) is 5.78 Å². The summed E-state index contributed by atoms with van der Waals surface area (Å²) < 4.78 is 0. The smallest absolute Gasteiger partial charge is 0.303 e. The molecule has 2 aliphatic rings. The van der Waals surface area contributed by atoms with Crippen molar-refractivity contribution in [3.05, 3.63) is 59.7 Å². The fourth-order valence-corrected chi connectivity index (χ4v) is 4.68. The maximum absolute atomic E-state index is 12.3. The highest BCUT2D eigenvalue weighted by Gasteiger charge is 2.39. The molecule has 5 heteroatoms. The molecule has 0 amide bonds. The first kappa shape index (κ1) is 22.4. The molecule has 3 rings (SSSR count). The zero-order chi connectivity index (χ0) is 21.5. The molecular weight excluding hydrogens is 380 g/mol. The fraction of sp³-hybridized carbons (Fsp3) is 0.520. The van der Waals surface area contributed by atoms with E-state index in [1.807, 2.05) is 24.3 Å². The lowest BCUT2D eigenvalue weighted by atomic mass is 9.80. The number of rotatable bonds is 9. The number of ketones is 1. The molecule has 162 valence electrons. The molecule has 3 N–H and O–H groups in total. The highest BCUT2D eigenvalue weighted by Crippen LogP contribution is 2.34. The molecule has 0 aliphatic heterocycles. The molecule has 30 heavy (non-hydrogen) atoms. The number of unbranched alkanes of at least 4 members (excludes halogenated alkanes) is 1. The Morgan fingerprint density at radius 2 is 1.93 bits per heavy atom. The van der Waals surface area contributed by atoms with Gasteiger partial charge in [0.15, 0.2) is 0 Å². The summed E-state index contributed by atoms with van der Waals surface area (Å²) in [6.45, 7) is 0. The van der Waals surface area contributed by atoms with Crippen molar-refractivity contribution in [1.82, 2.24) is 0 Å². The summed E-state index contributed by atoms with van der Waals surface area (Å²) in [6.07, 6.45) is 10.9. The molecule has 0 saturated heterocycles. The predicted molar refractivity (Wildman–Crippen MR) is 115 cm³/mol. The van der Waals surface area contributed by atoms with Crippen molar-refractivity contribution in [2.75, 3.05) is 0 Å². The molecule has 2 aliphatic carbocycles. The topological polar surface area (TPSA) is 94.8 Å². The molecule has 0 radical (unpaired) electrons. The molecule has 0 spiro atoms. The molecule has 0 heterocycles. The zero-order valence-electron chi connectivity index (χ0n) is 17.3. The van der Waals surface area contributed by atoms with Gasteiger partial charge in [-0.1, -0.05) is 48.6 Å². The SMILES string of the molecule is O=C(O)CCC/C=C\C[C@H]1C(=O)C[C@@H](O)C1/C=C/[C@H](O)[C@H]1CCc2ccccc2C1. The molecule has 1 unspecified atom stereocenters. The maximum atomic E-state index is 12.3. The third-order valence-electron chi connectivity index (χ3n) is 6.45. The minimum Gasteiger partial charge on any atom is -0.481 e. The number of hydrogen-bond donors (Lipinski definition) is 3. The van der Waals surface area contributed by atoms with Gasteiger partial charge in [-0.05, 0) is 55.6 Å². The zero-order valence-corrected chi connectivity index (χ0v) is 17.3. The van der Waals surface area contributed by atoms with E-state index in [0.717, 1.165) is 19.3 Å². The number of Topliss-reactive ketones (excluding diaryl/α,β-unsaturated/α-hetero) is 1. The number of carbonyl (C=O) groups excluding carboxylic acids is 1. The standard InChI is InChI=1S/C25H32O5/c26-22(19-12-11-17-7-5-6-8-18(17)15-19)14-13-21-20(23(27)16-24(21)28)9-3-1-2-4-10-25(29)30/h1,3,5-8,13-14,19-22,24,26,28H,2,4,9-12,15-16H2,(H,29,30)/b3-1-,14-13+/t19-,20+,21?,22-,24+/m0/s1. The average Bonchev–Trinajstić information content (AvgIpc) is 3.00. The Bertz CT molecular complexity index is 796. The normalized spacial score (nSPS) is 27.6. The number of hydrogen-bond acceptors (Lipinski definition) is 4. The van der Waals surface area contributed by atoms with Gasteiger partial charge in [-0.3, -0.25) is 9.59 Å². The molecule has 1 aromatic rings. The molecule has 1 saturated carbocycles. The third-order valence-corrected chi connectivity index (χ3v) is 6.45. The number of carbonyl (C=O) groups is 2. The summed E-state index contributed by atoms with van der Waals surface area (Å²) >= 11 is 0. The van der Waals surface area contributed by atoms with Crippen molar-refractivity contribution < 1.29 is 24.9 Å². The summed E-state index contributed by atoms with van der Waals surface area (Å²) in [5.41, 5.74) is 2.65. The second kappa shape index (κ2) is 10.7. The molecule has 0 aromatic heterocycles. The quantitative estimate of drug-likeness (QED) is 0.426. The lowest BCUT2D eigenvalue weighted by Crippen LogP contribution is -2.26. The van der Waals surface area contributed by atoms with E-state index in [0.29, 0.717) is 19.3 Å². The van der Waals surface area contributed by atoms with Gasteiger partial charge in [0, 0.05) is 24.7 Å². The highest BCUT2D eigenvalue weighted by atomic mass is 16.4. The van der Waals surface area contributed by atoms with Gasteiger partial charge >= 0.3 is 5.97 Å². The van der Waals surface area contributed by atoms with Crippen molar-refractivity contribution >= 4 is 11.8 Å². The van der Waals surface area contributed by atoms with Crippen LogP contribution in [0.4, 0.5) is 0 Å². The third kappa shape index (κ3) is 5.89. The summed E-state index contributed by atoms with van der Waals surface area (Å²) in [5, 5.41) is 29.7. The first-order valence-corrected chi connectivity index (χ1v) is 11.0. The number of allylic oxidation sites excluding steroid dienone is 2. The maximum Gasteiger partial charge on any atom is 0.303 e. The Kier molecular flexibility index (Phi) is 8.00. The number of carboxylic acid groups (broad SMARTS) is 1. The number of benzene rings is 1.